The average molecular weight is 383 g/mol. The van der Waals surface area contributed by atoms with Crippen LogP contribution >= 0.6 is 35.6 Å². The van der Waals surface area contributed by atoms with Crippen LogP contribution in [0, 0.1) is 5.92 Å². The third-order valence-corrected chi connectivity index (χ3v) is 4.03. The molecule has 8 heteroatoms. The van der Waals surface area contributed by atoms with Gasteiger partial charge < -0.3 is 16.0 Å². The maximum atomic E-state index is 12.1. The van der Waals surface area contributed by atoms with Crippen LogP contribution in [0.4, 0.5) is 0 Å². The SMILES string of the molecule is CC(C)[C@H](N)C(=O)NCC(=O)N(C)Cc1c(Cl)cccc1Cl.Cl. The van der Waals surface area contributed by atoms with Gasteiger partial charge in [-0.1, -0.05) is 43.1 Å². The summed E-state index contributed by atoms with van der Waals surface area (Å²) in [6.07, 6.45) is 0. The van der Waals surface area contributed by atoms with E-state index in [2.05, 4.69) is 5.32 Å². The highest BCUT2D eigenvalue weighted by atomic mass is 35.5. The fourth-order valence-electron chi connectivity index (χ4n) is 1.73. The Morgan fingerprint density at radius 1 is 1.26 bits per heavy atom. The highest BCUT2D eigenvalue weighted by Crippen LogP contribution is 2.25. The highest BCUT2D eigenvalue weighted by molar-refractivity contribution is 6.36. The number of benzene rings is 1. The Morgan fingerprint density at radius 2 is 1.78 bits per heavy atom. The van der Waals surface area contributed by atoms with Crippen molar-refractivity contribution >= 4 is 47.4 Å². The highest BCUT2D eigenvalue weighted by Gasteiger charge is 2.19. The van der Waals surface area contributed by atoms with E-state index in [-0.39, 0.29) is 43.2 Å². The second-order valence-electron chi connectivity index (χ2n) is 5.44. The number of rotatable bonds is 6. The number of hydrogen-bond acceptors (Lipinski definition) is 3. The van der Waals surface area contributed by atoms with Crippen LogP contribution in [0.5, 0.6) is 0 Å². The van der Waals surface area contributed by atoms with Crippen LogP contribution in [0.1, 0.15) is 19.4 Å². The maximum Gasteiger partial charge on any atom is 0.242 e. The van der Waals surface area contributed by atoms with Crippen molar-refractivity contribution in [3.63, 3.8) is 0 Å². The van der Waals surface area contributed by atoms with Gasteiger partial charge in [0, 0.05) is 29.2 Å². The molecule has 0 fully saturated rings. The first kappa shape index (κ1) is 22.0. The monoisotopic (exact) mass is 381 g/mol. The van der Waals surface area contributed by atoms with Crippen LogP contribution in [0.2, 0.25) is 10.0 Å². The van der Waals surface area contributed by atoms with Gasteiger partial charge in [-0.05, 0) is 18.1 Å². The summed E-state index contributed by atoms with van der Waals surface area (Å²) in [5, 5.41) is 3.53. The molecular weight excluding hydrogens is 361 g/mol. The van der Waals surface area contributed by atoms with Gasteiger partial charge >= 0.3 is 0 Å². The first-order valence-electron chi connectivity index (χ1n) is 6.94. The number of hydrogen-bond donors (Lipinski definition) is 2. The predicted octanol–water partition coefficient (Wildman–Crippen LogP) is 2.47. The first-order valence-corrected chi connectivity index (χ1v) is 7.69. The Hall–Kier alpha value is -1.01. The van der Waals surface area contributed by atoms with Gasteiger partial charge in [-0.2, -0.15) is 0 Å². The lowest BCUT2D eigenvalue weighted by Gasteiger charge is -2.20. The molecule has 2 amide bonds. The minimum absolute atomic E-state index is 0. The van der Waals surface area contributed by atoms with Crippen molar-refractivity contribution < 1.29 is 9.59 Å². The van der Waals surface area contributed by atoms with Crippen LogP contribution < -0.4 is 11.1 Å². The number of nitrogens with two attached hydrogens (primary N) is 1. The molecule has 1 aromatic rings. The summed E-state index contributed by atoms with van der Waals surface area (Å²) in [5.41, 5.74) is 6.39. The Bertz CT molecular complexity index is 533. The number of nitrogens with one attached hydrogen (secondary N) is 1. The molecule has 0 saturated heterocycles. The molecule has 3 N–H and O–H groups in total. The fourth-order valence-corrected chi connectivity index (χ4v) is 2.24. The van der Waals surface area contributed by atoms with Crippen LogP contribution in [0.15, 0.2) is 18.2 Å². The van der Waals surface area contributed by atoms with Gasteiger partial charge in [0.15, 0.2) is 0 Å². The van der Waals surface area contributed by atoms with E-state index < -0.39 is 6.04 Å². The zero-order valence-electron chi connectivity index (χ0n) is 13.3. The molecule has 1 aromatic carbocycles. The molecular formula is C15H22Cl3N3O2. The Labute approximate surface area is 152 Å². The zero-order valence-corrected chi connectivity index (χ0v) is 15.6. The normalized spacial score (nSPS) is 11.6. The number of carbonyl (C=O) groups is 2. The molecule has 23 heavy (non-hydrogen) atoms. The van der Waals surface area contributed by atoms with Gasteiger partial charge in [-0.3, -0.25) is 9.59 Å². The number of nitrogens with zero attached hydrogens (tertiary/aromatic N) is 1. The minimum Gasteiger partial charge on any atom is -0.346 e. The number of amides is 2. The second-order valence-corrected chi connectivity index (χ2v) is 6.25. The Balaban J connectivity index is 0.00000484. The smallest absolute Gasteiger partial charge is 0.242 e. The molecule has 0 saturated carbocycles. The Kier molecular flexibility index (Phi) is 9.54. The molecule has 0 spiro atoms. The molecule has 0 aliphatic heterocycles. The lowest BCUT2D eigenvalue weighted by atomic mass is 10.1. The fraction of sp³-hybridized carbons (Fsp3) is 0.467. The van der Waals surface area contributed by atoms with Gasteiger partial charge in [-0.15, -0.1) is 12.4 Å². The van der Waals surface area contributed by atoms with Crippen molar-refractivity contribution in [2.75, 3.05) is 13.6 Å². The van der Waals surface area contributed by atoms with Crippen molar-refractivity contribution in [3.8, 4) is 0 Å². The first-order chi connectivity index (χ1) is 10.2. The molecule has 1 atom stereocenters. The molecule has 5 nitrogen and oxygen atoms in total. The summed E-state index contributed by atoms with van der Waals surface area (Å²) in [6.45, 7) is 3.84. The van der Waals surface area contributed by atoms with E-state index in [1.165, 1.54) is 4.90 Å². The molecule has 0 bridgehead atoms. The topological polar surface area (TPSA) is 75.4 Å². The van der Waals surface area contributed by atoms with E-state index in [4.69, 9.17) is 28.9 Å². The number of likely N-dealkylation sites (N-methyl/N-ethyl adjacent to an activating group) is 1. The molecule has 1 rings (SSSR count). The molecule has 0 heterocycles. The number of carbonyl (C=O) groups excluding carboxylic acids is 2. The van der Waals surface area contributed by atoms with E-state index >= 15 is 0 Å². The summed E-state index contributed by atoms with van der Waals surface area (Å²) in [6, 6.07) is 4.54. The van der Waals surface area contributed by atoms with Gasteiger partial charge in [0.2, 0.25) is 11.8 Å². The zero-order chi connectivity index (χ0) is 16.9. The van der Waals surface area contributed by atoms with Crippen molar-refractivity contribution in [1.82, 2.24) is 10.2 Å². The molecule has 0 radical (unpaired) electrons. The van der Waals surface area contributed by atoms with Crippen LogP contribution in [-0.4, -0.2) is 36.3 Å². The molecule has 0 aliphatic rings. The third kappa shape index (κ3) is 6.55. The molecule has 0 aliphatic carbocycles. The van der Waals surface area contributed by atoms with Gasteiger partial charge in [0.1, 0.15) is 0 Å². The van der Waals surface area contributed by atoms with Crippen LogP contribution in [-0.2, 0) is 16.1 Å². The lowest BCUT2D eigenvalue weighted by molar-refractivity contribution is -0.132. The maximum absolute atomic E-state index is 12.1. The van der Waals surface area contributed by atoms with E-state index in [9.17, 15) is 9.59 Å². The standard InChI is InChI=1S/C15H21Cl2N3O2.ClH/c1-9(2)14(18)15(22)19-7-13(21)20(3)8-10-11(16)5-4-6-12(10)17;/h4-6,9,14H,7-8,18H2,1-3H3,(H,19,22);1H/t14-;/m0./s1. The van der Waals surface area contributed by atoms with Crippen molar-refractivity contribution in [2.45, 2.75) is 26.4 Å². The molecule has 0 unspecified atom stereocenters. The van der Waals surface area contributed by atoms with E-state index in [0.29, 0.717) is 15.6 Å². The summed E-state index contributed by atoms with van der Waals surface area (Å²) >= 11 is 12.1. The van der Waals surface area contributed by atoms with Crippen LogP contribution in [0.3, 0.4) is 0 Å². The third-order valence-electron chi connectivity index (χ3n) is 3.32. The molecule has 130 valence electrons. The van der Waals surface area contributed by atoms with E-state index in [1.54, 1.807) is 25.2 Å². The largest absolute Gasteiger partial charge is 0.346 e. The average Bonchev–Trinajstić information content (AvgIpc) is 2.47. The lowest BCUT2D eigenvalue weighted by Crippen LogP contribution is -2.47. The van der Waals surface area contributed by atoms with Crippen LogP contribution in [0.25, 0.3) is 0 Å². The van der Waals surface area contributed by atoms with Gasteiger partial charge in [0.25, 0.3) is 0 Å². The predicted molar refractivity (Wildman–Crippen MR) is 96.0 cm³/mol. The summed E-state index contributed by atoms with van der Waals surface area (Å²) in [4.78, 5) is 25.2. The van der Waals surface area contributed by atoms with Crippen molar-refractivity contribution in [1.29, 1.82) is 0 Å². The summed E-state index contributed by atoms with van der Waals surface area (Å²) in [7, 11) is 1.62. The summed E-state index contributed by atoms with van der Waals surface area (Å²) < 4.78 is 0. The van der Waals surface area contributed by atoms with E-state index in [0.717, 1.165) is 0 Å². The quantitative estimate of drug-likeness (QED) is 0.793. The van der Waals surface area contributed by atoms with Crippen molar-refractivity contribution in [2.24, 2.45) is 11.7 Å². The van der Waals surface area contributed by atoms with Gasteiger partial charge in [0.05, 0.1) is 12.6 Å². The van der Waals surface area contributed by atoms with Gasteiger partial charge in [-0.25, -0.2) is 0 Å². The second kappa shape index (κ2) is 9.98. The minimum atomic E-state index is -0.629. The molecule has 0 aromatic heterocycles. The van der Waals surface area contributed by atoms with Crippen molar-refractivity contribution in [3.05, 3.63) is 33.8 Å². The van der Waals surface area contributed by atoms with E-state index in [1.807, 2.05) is 13.8 Å². The Morgan fingerprint density at radius 3 is 2.26 bits per heavy atom. The summed E-state index contributed by atoms with van der Waals surface area (Å²) in [5.74, 6) is -0.581. The number of halogens is 3.